The van der Waals surface area contributed by atoms with Gasteiger partial charge in [0, 0.05) is 73.8 Å². The van der Waals surface area contributed by atoms with Crippen LogP contribution in [0.1, 0.15) is 52.6 Å². The molecule has 0 saturated carbocycles. The molecule has 7 rings (SSSR count). The van der Waals surface area contributed by atoms with Crippen molar-refractivity contribution in [3.63, 3.8) is 0 Å². The molecular weight excluding hydrogens is 561 g/mol. The van der Waals surface area contributed by atoms with Gasteiger partial charge in [0.1, 0.15) is 5.69 Å². The summed E-state index contributed by atoms with van der Waals surface area (Å²) in [5.74, 6) is -0.669. The van der Waals surface area contributed by atoms with Crippen LogP contribution >= 0.6 is 0 Å². The maximum absolute atomic E-state index is 16.5. The molecule has 5 aromatic rings. The van der Waals surface area contributed by atoms with Crippen LogP contribution in [0.25, 0.3) is 27.6 Å². The Morgan fingerprint density at radius 2 is 1.93 bits per heavy atom. The van der Waals surface area contributed by atoms with Crippen LogP contribution in [-0.4, -0.2) is 69.4 Å². The molecule has 6 heterocycles. The summed E-state index contributed by atoms with van der Waals surface area (Å²) < 4.78 is 19.9. The second kappa shape index (κ2) is 11.2. The van der Waals surface area contributed by atoms with Gasteiger partial charge in [-0.25, -0.2) is 4.39 Å². The standard InChI is InChI=1S/C32H32FN9O2/c1-3-20-6-8-34-16-26(20)24-13-23(21-5-4-10-40(17-21)29(43)7-11-42-12-9-35-38-42)30(33)31-25(24)14-27(37-31)32(44)41-18-22-15-36-39(2)28(22)19-41/h5-6,8-9,12-16,37H,3-4,7,10-11,17-19H2,1-2H3. The maximum atomic E-state index is 16.5. The van der Waals surface area contributed by atoms with Gasteiger partial charge in [0.2, 0.25) is 5.91 Å². The van der Waals surface area contributed by atoms with Crippen molar-refractivity contribution in [2.45, 2.75) is 45.8 Å². The van der Waals surface area contributed by atoms with E-state index >= 15 is 4.39 Å². The highest BCUT2D eigenvalue weighted by molar-refractivity contribution is 6.05. The number of amides is 2. The molecule has 0 bridgehead atoms. The first-order valence-corrected chi connectivity index (χ1v) is 14.8. The third-order valence-electron chi connectivity index (χ3n) is 8.68. The highest BCUT2D eigenvalue weighted by Crippen LogP contribution is 2.38. The van der Waals surface area contributed by atoms with Gasteiger partial charge in [0.05, 0.1) is 36.7 Å². The van der Waals surface area contributed by atoms with Crippen LogP contribution in [0, 0.1) is 5.82 Å². The highest BCUT2D eigenvalue weighted by Gasteiger charge is 2.30. The lowest BCUT2D eigenvalue weighted by Crippen LogP contribution is -2.36. The van der Waals surface area contributed by atoms with E-state index in [1.807, 2.05) is 25.3 Å². The van der Waals surface area contributed by atoms with Crippen molar-refractivity contribution in [2.75, 3.05) is 13.1 Å². The second-order valence-electron chi connectivity index (χ2n) is 11.3. The van der Waals surface area contributed by atoms with Crippen molar-refractivity contribution in [3.8, 4) is 11.1 Å². The van der Waals surface area contributed by atoms with Gasteiger partial charge in [-0.3, -0.25) is 23.9 Å². The van der Waals surface area contributed by atoms with E-state index in [-0.39, 0.29) is 30.3 Å². The van der Waals surface area contributed by atoms with Crippen molar-refractivity contribution in [1.82, 2.24) is 44.5 Å². The lowest BCUT2D eigenvalue weighted by atomic mass is 9.91. The van der Waals surface area contributed by atoms with Gasteiger partial charge in [-0.05, 0) is 47.7 Å². The quantitative estimate of drug-likeness (QED) is 0.304. The van der Waals surface area contributed by atoms with Crippen molar-refractivity contribution >= 4 is 28.3 Å². The molecular formula is C32H32FN9O2. The average molecular weight is 594 g/mol. The van der Waals surface area contributed by atoms with E-state index in [0.717, 1.165) is 39.9 Å². The average Bonchev–Trinajstić information content (AvgIpc) is 3.86. The van der Waals surface area contributed by atoms with Crippen LogP contribution < -0.4 is 0 Å². The molecule has 0 aliphatic carbocycles. The van der Waals surface area contributed by atoms with Crippen molar-refractivity contribution < 1.29 is 14.0 Å². The molecule has 1 aromatic carbocycles. The van der Waals surface area contributed by atoms with Gasteiger partial charge in [-0.2, -0.15) is 5.10 Å². The molecule has 2 aliphatic heterocycles. The molecule has 0 radical (unpaired) electrons. The summed E-state index contributed by atoms with van der Waals surface area (Å²) >= 11 is 0. The first-order chi connectivity index (χ1) is 21.4. The zero-order valence-electron chi connectivity index (χ0n) is 24.6. The number of nitrogens with one attached hydrogen (secondary N) is 1. The third kappa shape index (κ3) is 4.85. The summed E-state index contributed by atoms with van der Waals surface area (Å²) in [5.41, 5.74) is 6.49. The lowest BCUT2D eigenvalue weighted by Gasteiger charge is -2.28. The van der Waals surface area contributed by atoms with Crippen molar-refractivity contribution in [3.05, 3.63) is 89.2 Å². The van der Waals surface area contributed by atoms with Crippen LogP contribution in [0.3, 0.4) is 0 Å². The van der Waals surface area contributed by atoms with Gasteiger partial charge in [-0.1, -0.05) is 18.2 Å². The van der Waals surface area contributed by atoms with Crippen molar-refractivity contribution in [1.29, 1.82) is 0 Å². The van der Waals surface area contributed by atoms with E-state index in [2.05, 4.69) is 32.3 Å². The molecule has 44 heavy (non-hydrogen) atoms. The highest BCUT2D eigenvalue weighted by atomic mass is 19.1. The Morgan fingerprint density at radius 3 is 2.73 bits per heavy atom. The Morgan fingerprint density at radius 1 is 1.05 bits per heavy atom. The fraction of sp³-hybridized carbons (Fsp3) is 0.312. The number of nitrogens with zero attached hydrogens (tertiary/aromatic N) is 8. The lowest BCUT2D eigenvalue weighted by molar-refractivity contribution is -0.131. The fourth-order valence-electron chi connectivity index (χ4n) is 6.28. The number of H-pyrrole nitrogens is 1. The molecule has 11 nitrogen and oxygen atoms in total. The number of carbonyl (C=O) groups is 2. The Bertz CT molecular complexity index is 1920. The predicted molar refractivity (Wildman–Crippen MR) is 161 cm³/mol. The molecule has 224 valence electrons. The summed E-state index contributed by atoms with van der Waals surface area (Å²) in [6, 6.07) is 5.57. The Kier molecular flexibility index (Phi) is 7.03. The molecule has 2 amide bonds. The number of fused-ring (bicyclic) bond motifs is 2. The number of carbonyl (C=O) groups excluding carboxylic acids is 2. The smallest absolute Gasteiger partial charge is 0.270 e. The fourth-order valence-corrected chi connectivity index (χ4v) is 6.28. The van der Waals surface area contributed by atoms with E-state index in [4.69, 9.17) is 0 Å². The van der Waals surface area contributed by atoms with Gasteiger partial charge < -0.3 is 14.8 Å². The first-order valence-electron chi connectivity index (χ1n) is 14.8. The molecule has 1 N–H and O–H groups in total. The minimum atomic E-state index is -0.443. The topological polar surface area (TPSA) is 118 Å². The number of benzene rings is 1. The second-order valence-corrected chi connectivity index (χ2v) is 11.3. The minimum Gasteiger partial charge on any atom is -0.348 e. The molecule has 0 spiro atoms. The molecule has 0 fully saturated rings. The van der Waals surface area contributed by atoms with Crippen LogP contribution in [-0.2, 0) is 37.9 Å². The zero-order valence-corrected chi connectivity index (χ0v) is 24.6. The van der Waals surface area contributed by atoms with Crippen LogP contribution in [0.15, 0.2) is 55.3 Å². The first kappa shape index (κ1) is 27.7. The molecule has 0 unspecified atom stereocenters. The van der Waals surface area contributed by atoms with Crippen molar-refractivity contribution in [2.24, 2.45) is 7.05 Å². The van der Waals surface area contributed by atoms with E-state index in [1.165, 1.54) is 0 Å². The van der Waals surface area contributed by atoms with E-state index in [9.17, 15) is 9.59 Å². The summed E-state index contributed by atoms with van der Waals surface area (Å²) in [6.07, 6.45) is 12.3. The molecule has 2 aliphatic rings. The molecule has 12 heteroatoms. The van der Waals surface area contributed by atoms with E-state index in [0.29, 0.717) is 49.2 Å². The predicted octanol–water partition coefficient (Wildman–Crippen LogP) is 4.12. The number of hydrogen-bond donors (Lipinski definition) is 1. The number of hydrogen-bond acceptors (Lipinski definition) is 6. The van der Waals surface area contributed by atoms with Gasteiger partial charge in [-0.15, -0.1) is 5.10 Å². The Hall–Kier alpha value is -5.13. The number of rotatable bonds is 7. The molecule has 0 saturated heterocycles. The number of halogens is 1. The SMILES string of the molecule is CCc1ccncc1-c1cc(C2=CCCN(C(=O)CCn3ccnn3)C2)c(F)c2[nH]c(C(=O)N3Cc4cnn(C)c4C3)cc12. The molecule has 0 atom stereocenters. The third-order valence-corrected chi connectivity index (χ3v) is 8.68. The zero-order chi connectivity index (χ0) is 30.4. The van der Waals surface area contributed by atoms with E-state index < -0.39 is 5.82 Å². The minimum absolute atomic E-state index is 0.0251. The van der Waals surface area contributed by atoms with Crippen LogP contribution in [0.5, 0.6) is 0 Å². The van der Waals surface area contributed by atoms with Crippen LogP contribution in [0.2, 0.25) is 0 Å². The van der Waals surface area contributed by atoms with Crippen LogP contribution in [0.4, 0.5) is 4.39 Å². The number of aryl methyl sites for hydroxylation is 3. The van der Waals surface area contributed by atoms with Gasteiger partial charge in [0.25, 0.3) is 5.91 Å². The number of aromatic amines is 1. The van der Waals surface area contributed by atoms with E-state index in [1.54, 1.807) is 56.2 Å². The van der Waals surface area contributed by atoms with Gasteiger partial charge >= 0.3 is 0 Å². The number of pyridine rings is 1. The summed E-state index contributed by atoms with van der Waals surface area (Å²) in [4.78, 5) is 37.8. The molecule has 4 aromatic heterocycles. The Labute approximate surface area is 253 Å². The maximum Gasteiger partial charge on any atom is 0.270 e. The summed E-state index contributed by atoms with van der Waals surface area (Å²) in [6.45, 7) is 4.24. The summed E-state index contributed by atoms with van der Waals surface area (Å²) in [7, 11) is 1.86. The normalized spacial score (nSPS) is 14.8. The monoisotopic (exact) mass is 593 g/mol. The Balaban J connectivity index is 1.25. The number of aromatic nitrogens is 7. The van der Waals surface area contributed by atoms with Gasteiger partial charge in [0.15, 0.2) is 5.82 Å². The largest absolute Gasteiger partial charge is 0.348 e. The summed E-state index contributed by atoms with van der Waals surface area (Å²) in [5, 5.41) is 12.6.